The number of ether oxygens (including phenoxy) is 1. The van der Waals surface area contributed by atoms with Gasteiger partial charge in [-0.05, 0) is 6.92 Å². The number of hydrogen-bond donors (Lipinski definition) is 1. The highest BCUT2D eigenvalue weighted by Gasteiger charge is 2.18. The summed E-state index contributed by atoms with van der Waals surface area (Å²) in [4.78, 5) is 22.1. The number of methoxy groups -OCH3 is 1. The molecule has 1 aromatic rings. The summed E-state index contributed by atoms with van der Waals surface area (Å²) in [7, 11) is 1.25. The Labute approximate surface area is 79.9 Å². The average Bonchev–Trinajstić information content (AvgIpc) is 2.20. The SMILES string of the molecule is COC(=O)C(C)c1cc(=O)c(O)co1. The van der Waals surface area contributed by atoms with Crippen molar-refractivity contribution in [1.29, 1.82) is 0 Å². The molecule has 14 heavy (non-hydrogen) atoms. The lowest BCUT2D eigenvalue weighted by Gasteiger charge is -2.06. The standard InChI is InChI=1S/C9H10O5/c1-5(9(12)13-2)8-3-6(10)7(11)4-14-8/h3-5,11H,1-2H3. The van der Waals surface area contributed by atoms with Gasteiger partial charge in [-0.1, -0.05) is 0 Å². The molecule has 0 bridgehead atoms. The van der Waals surface area contributed by atoms with Gasteiger partial charge >= 0.3 is 5.97 Å². The second-order valence-electron chi connectivity index (χ2n) is 2.78. The zero-order chi connectivity index (χ0) is 10.7. The quantitative estimate of drug-likeness (QED) is 0.705. The minimum atomic E-state index is -0.659. The molecule has 0 aliphatic rings. The van der Waals surface area contributed by atoms with Crippen molar-refractivity contribution in [3.8, 4) is 5.75 Å². The summed E-state index contributed by atoms with van der Waals surface area (Å²) < 4.78 is 9.35. The Morgan fingerprint density at radius 1 is 1.64 bits per heavy atom. The first kappa shape index (κ1) is 10.3. The predicted molar refractivity (Wildman–Crippen MR) is 47.1 cm³/mol. The molecular formula is C9H10O5. The molecule has 1 heterocycles. The Balaban J connectivity index is 3.03. The van der Waals surface area contributed by atoms with Crippen LogP contribution in [-0.4, -0.2) is 18.2 Å². The van der Waals surface area contributed by atoms with Crippen molar-refractivity contribution in [2.24, 2.45) is 0 Å². The average molecular weight is 198 g/mol. The highest BCUT2D eigenvalue weighted by molar-refractivity contribution is 5.76. The Hall–Kier alpha value is -1.78. The minimum Gasteiger partial charge on any atom is -0.502 e. The van der Waals surface area contributed by atoms with E-state index in [0.717, 1.165) is 12.3 Å². The van der Waals surface area contributed by atoms with Gasteiger partial charge in [-0.25, -0.2) is 0 Å². The van der Waals surface area contributed by atoms with Crippen LogP contribution in [0.5, 0.6) is 5.75 Å². The van der Waals surface area contributed by atoms with E-state index in [1.807, 2.05) is 0 Å². The second-order valence-corrected chi connectivity index (χ2v) is 2.78. The van der Waals surface area contributed by atoms with Gasteiger partial charge in [-0.15, -0.1) is 0 Å². The molecular weight excluding hydrogens is 188 g/mol. The first-order valence-corrected chi connectivity index (χ1v) is 3.95. The molecule has 0 aromatic carbocycles. The van der Waals surface area contributed by atoms with E-state index >= 15 is 0 Å². The third kappa shape index (κ3) is 1.93. The van der Waals surface area contributed by atoms with Crippen LogP contribution in [0.4, 0.5) is 0 Å². The fraction of sp³-hybridized carbons (Fsp3) is 0.333. The van der Waals surface area contributed by atoms with E-state index in [4.69, 9.17) is 9.52 Å². The smallest absolute Gasteiger partial charge is 0.316 e. The number of carbonyl (C=O) groups is 1. The van der Waals surface area contributed by atoms with Crippen LogP contribution < -0.4 is 5.43 Å². The number of aromatic hydroxyl groups is 1. The van der Waals surface area contributed by atoms with Crippen molar-refractivity contribution in [3.05, 3.63) is 28.3 Å². The molecule has 0 saturated carbocycles. The Kier molecular flexibility index (Phi) is 2.91. The molecule has 0 spiro atoms. The van der Waals surface area contributed by atoms with Crippen LogP contribution in [-0.2, 0) is 9.53 Å². The van der Waals surface area contributed by atoms with E-state index in [2.05, 4.69) is 4.74 Å². The maximum atomic E-state index is 11.1. The van der Waals surface area contributed by atoms with Gasteiger partial charge in [0.2, 0.25) is 5.43 Å². The van der Waals surface area contributed by atoms with Gasteiger partial charge in [0.15, 0.2) is 5.75 Å². The Bertz CT molecular complexity index is 392. The lowest BCUT2D eigenvalue weighted by atomic mass is 10.1. The van der Waals surface area contributed by atoms with E-state index in [9.17, 15) is 9.59 Å². The maximum Gasteiger partial charge on any atom is 0.316 e. The van der Waals surface area contributed by atoms with Gasteiger partial charge in [0.25, 0.3) is 0 Å². The van der Waals surface area contributed by atoms with Crippen LogP contribution in [0.1, 0.15) is 18.6 Å². The lowest BCUT2D eigenvalue weighted by Crippen LogP contribution is -2.12. The van der Waals surface area contributed by atoms with E-state index in [-0.39, 0.29) is 5.76 Å². The van der Waals surface area contributed by atoms with Crippen molar-refractivity contribution in [3.63, 3.8) is 0 Å². The molecule has 1 N–H and O–H groups in total. The lowest BCUT2D eigenvalue weighted by molar-refractivity contribution is -0.142. The number of rotatable bonds is 2. The highest BCUT2D eigenvalue weighted by Crippen LogP contribution is 2.16. The van der Waals surface area contributed by atoms with Crippen LogP contribution in [0.15, 0.2) is 21.5 Å². The van der Waals surface area contributed by atoms with Gasteiger partial charge in [0.05, 0.1) is 7.11 Å². The van der Waals surface area contributed by atoms with Crippen molar-refractivity contribution >= 4 is 5.97 Å². The topological polar surface area (TPSA) is 76.7 Å². The summed E-state index contributed by atoms with van der Waals surface area (Å²) in [5.74, 6) is -1.47. The summed E-state index contributed by atoms with van der Waals surface area (Å²) in [6.07, 6.45) is 0.900. The zero-order valence-corrected chi connectivity index (χ0v) is 7.81. The van der Waals surface area contributed by atoms with E-state index in [0.29, 0.717) is 0 Å². The predicted octanol–water partition coefficient (Wildman–Crippen LogP) is 0.622. The fourth-order valence-corrected chi connectivity index (χ4v) is 0.939. The molecule has 0 aliphatic heterocycles. The van der Waals surface area contributed by atoms with Gasteiger partial charge in [-0.2, -0.15) is 0 Å². The Morgan fingerprint density at radius 3 is 2.79 bits per heavy atom. The molecule has 5 nitrogen and oxygen atoms in total. The molecule has 0 saturated heterocycles. The molecule has 5 heteroatoms. The van der Waals surface area contributed by atoms with Crippen LogP contribution in [0.25, 0.3) is 0 Å². The van der Waals surface area contributed by atoms with Gasteiger partial charge in [0, 0.05) is 6.07 Å². The van der Waals surface area contributed by atoms with Crippen LogP contribution in [0.3, 0.4) is 0 Å². The zero-order valence-electron chi connectivity index (χ0n) is 7.81. The number of esters is 1. The monoisotopic (exact) mass is 198 g/mol. The summed E-state index contributed by atoms with van der Waals surface area (Å²) >= 11 is 0. The number of hydrogen-bond acceptors (Lipinski definition) is 5. The molecule has 76 valence electrons. The molecule has 1 atom stereocenters. The summed E-state index contributed by atoms with van der Waals surface area (Å²) in [5, 5.41) is 8.90. The number of carbonyl (C=O) groups excluding carboxylic acids is 1. The Morgan fingerprint density at radius 2 is 2.29 bits per heavy atom. The third-order valence-corrected chi connectivity index (χ3v) is 1.81. The molecule has 0 fully saturated rings. The molecule has 1 aromatic heterocycles. The molecule has 1 unspecified atom stereocenters. The first-order valence-electron chi connectivity index (χ1n) is 3.95. The third-order valence-electron chi connectivity index (χ3n) is 1.81. The van der Waals surface area contributed by atoms with Crippen molar-refractivity contribution in [1.82, 2.24) is 0 Å². The second kappa shape index (κ2) is 3.95. The molecule has 1 rings (SSSR count). The fourth-order valence-electron chi connectivity index (χ4n) is 0.939. The van der Waals surface area contributed by atoms with Gasteiger partial charge in [0.1, 0.15) is 17.9 Å². The minimum absolute atomic E-state index is 0.166. The molecule has 0 radical (unpaired) electrons. The molecule has 0 aliphatic carbocycles. The summed E-state index contributed by atoms with van der Waals surface area (Å²) in [6.45, 7) is 1.54. The van der Waals surface area contributed by atoms with Crippen molar-refractivity contribution in [2.75, 3.05) is 7.11 Å². The van der Waals surface area contributed by atoms with Crippen molar-refractivity contribution in [2.45, 2.75) is 12.8 Å². The van der Waals surface area contributed by atoms with E-state index < -0.39 is 23.1 Å². The van der Waals surface area contributed by atoms with Gasteiger partial charge in [-0.3, -0.25) is 9.59 Å². The maximum absolute atomic E-state index is 11.1. The summed E-state index contributed by atoms with van der Waals surface area (Å²) in [5.41, 5.74) is -0.581. The van der Waals surface area contributed by atoms with E-state index in [1.165, 1.54) is 7.11 Å². The first-order chi connectivity index (χ1) is 6.56. The van der Waals surface area contributed by atoms with Crippen LogP contribution >= 0.6 is 0 Å². The summed E-state index contributed by atoms with van der Waals surface area (Å²) in [6, 6.07) is 1.07. The van der Waals surface area contributed by atoms with Crippen LogP contribution in [0.2, 0.25) is 0 Å². The van der Waals surface area contributed by atoms with Crippen LogP contribution in [0, 0.1) is 0 Å². The van der Waals surface area contributed by atoms with E-state index in [1.54, 1.807) is 6.92 Å². The normalized spacial score (nSPS) is 12.1. The highest BCUT2D eigenvalue weighted by atomic mass is 16.5. The largest absolute Gasteiger partial charge is 0.502 e. The molecule has 0 amide bonds. The van der Waals surface area contributed by atoms with Crippen molar-refractivity contribution < 1.29 is 19.1 Å². The van der Waals surface area contributed by atoms with Gasteiger partial charge < -0.3 is 14.3 Å².